The Labute approximate surface area is 163 Å². The van der Waals surface area contributed by atoms with Gasteiger partial charge in [-0.05, 0) is 54.7 Å². The third-order valence-electron chi connectivity index (χ3n) is 5.71. The highest BCUT2D eigenvalue weighted by Crippen LogP contribution is 2.46. The molecule has 1 aliphatic carbocycles. The number of allylic oxidation sites excluding steroid dienone is 1. The van der Waals surface area contributed by atoms with Gasteiger partial charge in [0.1, 0.15) is 0 Å². The molecule has 4 rings (SSSR count). The average molecular weight is 354 g/mol. The third-order valence-corrected chi connectivity index (χ3v) is 5.71. The zero-order valence-corrected chi connectivity index (χ0v) is 16.4. The van der Waals surface area contributed by atoms with Gasteiger partial charge >= 0.3 is 0 Å². The van der Waals surface area contributed by atoms with Gasteiger partial charge in [0.15, 0.2) is 0 Å². The van der Waals surface area contributed by atoms with Crippen molar-refractivity contribution in [2.45, 2.75) is 26.7 Å². The van der Waals surface area contributed by atoms with Crippen molar-refractivity contribution in [2.24, 2.45) is 0 Å². The number of hydrogen-bond acceptors (Lipinski definition) is 1. The molecule has 0 spiro atoms. The minimum atomic E-state index is 0.334. The zero-order valence-electron chi connectivity index (χ0n) is 16.4. The van der Waals surface area contributed by atoms with Gasteiger partial charge in [-0.15, -0.1) is 0 Å². The molecule has 0 N–H and O–H groups in total. The fourth-order valence-electron chi connectivity index (χ4n) is 4.42. The highest BCUT2D eigenvalue weighted by Gasteiger charge is 2.28. The molecule has 1 unspecified atom stereocenters. The summed E-state index contributed by atoms with van der Waals surface area (Å²) < 4.78 is 0. The van der Waals surface area contributed by atoms with Crippen LogP contribution in [0.25, 0.3) is 17.2 Å². The fraction of sp³-hybridized carbons (Fsp3) is 0.231. The number of rotatable bonds is 5. The van der Waals surface area contributed by atoms with Gasteiger partial charge in [0.05, 0.1) is 0 Å². The van der Waals surface area contributed by atoms with Gasteiger partial charge in [-0.25, -0.2) is 0 Å². The smallest absolute Gasteiger partial charge is 0.0408 e. The lowest BCUT2D eigenvalue weighted by Gasteiger charge is -2.27. The summed E-state index contributed by atoms with van der Waals surface area (Å²) in [6.45, 7) is 8.80. The molecule has 0 heterocycles. The standard InChI is InChI=1S/C26H27N/c1-4-27(5-2)25-17-10-9-14-23(25)26-19(3)18-24-21(15-11-16-22(24)26)20-12-7-6-8-13-20/h6-18,26H,4-5H2,1-3H3. The number of nitrogens with zero attached hydrogens (tertiary/aromatic N) is 1. The largest absolute Gasteiger partial charge is 0.372 e. The lowest BCUT2D eigenvalue weighted by Crippen LogP contribution is -2.23. The van der Waals surface area contributed by atoms with Crippen LogP contribution in [-0.2, 0) is 0 Å². The first-order chi connectivity index (χ1) is 13.2. The van der Waals surface area contributed by atoms with Crippen molar-refractivity contribution in [3.8, 4) is 11.1 Å². The molecule has 136 valence electrons. The van der Waals surface area contributed by atoms with E-state index in [1.807, 2.05) is 0 Å². The van der Waals surface area contributed by atoms with Gasteiger partial charge in [-0.2, -0.15) is 0 Å². The SMILES string of the molecule is CCN(CC)c1ccccc1C1C(C)=Cc2c(-c3ccccc3)cccc21. The maximum atomic E-state index is 2.46. The van der Waals surface area contributed by atoms with Crippen LogP contribution in [-0.4, -0.2) is 13.1 Å². The molecular weight excluding hydrogens is 326 g/mol. The minimum Gasteiger partial charge on any atom is -0.372 e. The molecule has 1 nitrogen and oxygen atoms in total. The Morgan fingerprint density at radius 1 is 0.741 bits per heavy atom. The quantitative estimate of drug-likeness (QED) is 0.490. The van der Waals surface area contributed by atoms with Crippen molar-refractivity contribution in [1.82, 2.24) is 0 Å². The molecule has 0 bridgehead atoms. The fourth-order valence-corrected chi connectivity index (χ4v) is 4.42. The van der Waals surface area contributed by atoms with E-state index < -0.39 is 0 Å². The first kappa shape index (κ1) is 17.6. The monoisotopic (exact) mass is 353 g/mol. The predicted molar refractivity (Wildman–Crippen MR) is 117 cm³/mol. The maximum absolute atomic E-state index is 2.46. The molecule has 3 aromatic rings. The molecule has 1 atom stereocenters. The van der Waals surface area contributed by atoms with Crippen LogP contribution in [0, 0.1) is 0 Å². The van der Waals surface area contributed by atoms with E-state index >= 15 is 0 Å². The van der Waals surface area contributed by atoms with E-state index in [0.29, 0.717) is 5.92 Å². The van der Waals surface area contributed by atoms with E-state index in [1.165, 1.54) is 39.1 Å². The van der Waals surface area contributed by atoms with Crippen molar-refractivity contribution < 1.29 is 0 Å². The predicted octanol–water partition coefficient (Wildman–Crippen LogP) is 6.75. The van der Waals surface area contributed by atoms with E-state index in [1.54, 1.807) is 0 Å². The third kappa shape index (κ3) is 3.08. The topological polar surface area (TPSA) is 3.24 Å². The molecule has 0 aliphatic heterocycles. The first-order valence-electron chi connectivity index (χ1n) is 9.95. The van der Waals surface area contributed by atoms with Gasteiger partial charge in [0.2, 0.25) is 0 Å². The van der Waals surface area contributed by atoms with Crippen LogP contribution in [0.5, 0.6) is 0 Å². The zero-order chi connectivity index (χ0) is 18.8. The Morgan fingerprint density at radius 3 is 2.15 bits per heavy atom. The highest BCUT2D eigenvalue weighted by molar-refractivity contribution is 5.83. The Bertz CT molecular complexity index is 965. The molecule has 0 saturated heterocycles. The number of hydrogen-bond donors (Lipinski definition) is 0. The molecule has 3 aromatic carbocycles. The molecule has 0 fully saturated rings. The molecule has 27 heavy (non-hydrogen) atoms. The summed E-state index contributed by atoms with van der Waals surface area (Å²) in [5, 5.41) is 0. The van der Waals surface area contributed by atoms with E-state index in [0.717, 1.165) is 13.1 Å². The maximum Gasteiger partial charge on any atom is 0.0408 e. The molecule has 0 aromatic heterocycles. The molecule has 1 aliphatic rings. The number of fused-ring (bicyclic) bond motifs is 1. The summed E-state index contributed by atoms with van der Waals surface area (Å²) in [6, 6.07) is 26.4. The molecule has 0 radical (unpaired) electrons. The summed E-state index contributed by atoms with van der Waals surface area (Å²) in [5.74, 6) is 0.334. The number of anilines is 1. The summed E-state index contributed by atoms with van der Waals surface area (Å²) in [5.41, 5.74) is 9.62. The van der Waals surface area contributed by atoms with Crippen molar-refractivity contribution in [1.29, 1.82) is 0 Å². The Morgan fingerprint density at radius 2 is 1.41 bits per heavy atom. The second-order valence-corrected chi connectivity index (χ2v) is 7.23. The Hall–Kier alpha value is -2.80. The summed E-state index contributed by atoms with van der Waals surface area (Å²) in [6.07, 6.45) is 2.39. The van der Waals surface area contributed by atoms with Crippen LogP contribution in [0.15, 0.2) is 78.4 Å². The number of benzene rings is 3. The van der Waals surface area contributed by atoms with Gasteiger partial charge in [-0.3, -0.25) is 0 Å². The lowest BCUT2D eigenvalue weighted by atomic mass is 9.86. The van der Waals surface area contributed by atoms with E-state index in [2.05, 4.69) is 105 Å². The first-order valence-corrected chi connectivity index (χ1v) is 9.95. The van der Waals surface area contributed by atoms with Crippen molar-refractivity contribution in [3.63, 3.8) is 0 Å². The van der Waals surface area contributed by atoms with Crippen LogP contribution in [0.1, 0.15) is 43.4 Å². The van der Waals surface area contributed by atoms with Gasteiger partial charge in [0.25, 0.3) is 0 Å². The van der Waals surface area contributed by atoms with Gasteiger partial charge in [-0.1, -0.05) is 78.4 Å². The highest BCUT2D eigenvalue weighted by atomic mass is 15.1. The molecule has 0 amide bonds. The number of para-hydroxylation sites is 1. The van der Waals surface area contributed by atoms with Crippen molar-refractivity contribution in [3.05, 3.63) is 95.1 Å². The summed E-state index contributed by atoms with van der Waals surface area (Å²) in [7, 11) is 0. The lowest BCUT2D eigenvalue weighted by molar-refractivity contribution is 0.846. The van der Waals surface area contributed by atoms with Crippen LogP contribution < -0.4 is 4.90 Å². The van der Waals surface area contributed by atoms with E-state index in [4.69, 9.17) is 0 Å². The Balaban J connectivity index is 1.86. The van der Waals surface area contributed by atoms with E-state index in [9.17, 15) is 0 Å². The van der Waals surface area contributed by atoms with Crippen molar-refractivity contribution in [2.75, 3.05) is 18.0 Å². The Kier molecular flexibility index (Phi) is 4.85. The molecule has 1 heteroatoms. The molecule has 0 saturated carbocycles. The van der Waals surface area contributed by atoms with Crippen LogP contribution in [0.4, 0.5) is 5.69 Å². The minimum absolute atomic E-state index is 0.334. The second kappa shape index (κ2) is 7.44. The summed E-state index contributed by atoms with van der Waals surface area (Å²) in [4.78, 5) is 2.46. The van der Waals surface area contributed by atoms with Crippen LogP contribution in [0.3, 0.4) is 0 Å². The normalized spacial score (nSPS) is 15.4. The van der Waals surface area contributed by atoms with Gasteiger partial charge in [0, 0.05) is 24.7 Å². The van der Waals surface area contributed by atoms with Crippen molar-refractivity contribution >= 4 is 11.8 Å². The molecular formula is C26H27N. The van der Waals surface area contributed by atoms with Gasteiger partial charge < -0.3 is 4.90 Å². The van der Waals surface area contributed by atoms with Crippen LogP contribution >= 0.6 is 0 Å². The van der Waals surface area contributed by atoms with Crippen LogP contribution in [0.2, 0.25) is 0 Å². The second-order valence-electron chi connectivity index (χ2n) is 7.23. The summed E-state index contributed by atoms with van der Waals surface area (Å²) >= 11 is 0. The van der Waals surface area contributed by atoms with E-state index in [-0.39, 0.29) is 0 Å². The average Bonchev–Trinajstić information content (AvgIpc) is 3.05.